The Labute approximate surface area is 143 Å². The maximum absolute atomic E-state index is 13.0. The molecular formula is C19H25N3O2. The van der Waals surface area contributed by atoms with Crippen molar-refractivity contribution in [2.75, 3.05) is 13.1 Å². The summed E-state index contributed by atoms with van der Waals surface area (Å²) in [5.41, 5.74) is 2.56. The van der Waals surface area contributed by atoms with Crippen LogP contribution in [0.15, 0.2) is 36.5 Å². The zero-order valence-electron chi connectivity index (χ0n) is 14.8. The number of hydrogen-bond donors (Lipinski definition) is 0. The van der Waals surface area contributed by atoms with Crippen LogP contribution in [0.5, 0.6) is 0 Å². The average Bonchev–Trinajstić information content (AvgIpc) is 2.93. The molecule has 0 spiro atoms. The van der Waals surface area contributed by atoms with Gasteiger partial charge in [-0.25, -0.2) is 0 Å². The lowest BCUT2D eigenvalue weighted by atomic mass is 10.0. The Bertz CT molecular complexity index is 709. The second-order valence-corrected chi connectivity index (χ2v) is 6.83. The van der Waals surface area contributed by atoms with Crippen LogP contribution >= 0.6 is 0 Å². The van der Waals surface area contributed by atoms with Gasteiger partial charge in [0.1, 0.15) is 6.10 Å². The number of carbonyl (C=O) groups is 1. The number of aryl methyl sites for hydroxylation is 2. The summed E-state index contributed by atoms with van der Waals surface area (Å²) in [5.74, 6) is 0.386. The van der Waals surface area contributed by atoms with Crippen molar-refractivity contribution in [3.8, 4) is 0 Å². The van der Waals surface area contributed by atoms with Crippen molar-refractivity contribution in [3.63, 3.8) is 0 Å². The van der Waals surface area contributed by atoms with Crippen LogP contribution in [0.1, 0.15) is 41.6 Å². The van der Waals surface area contributed by atoms with E-state index in [9.17, 15) is 4.79 Å². The van der Waals surface area contributed by atoms with Gasteiger partial charge in [-0.2, -0.15) is 5.10 Å². The number of morpholine rings is 1. The first-order valence-corrected chi connectivity index (χ1v) is 8.45. The Morgan fingerprint density at radius 2 is 1.96 bits per heavy atom. The molecule has 128 valence electrons. The van der Waals surface area contributed by atoms with E-state index < -0.39 is 0 Å². The SMILES string of the molecule is Cc1nn(C)cc1C(=O)N1C[C@@H](c2ccccc2)O[C@@H](C(C)C)C1. The van der Waals surface area contributed by atoms with Gasteiger partial charge in [0.2, 0.25) is 0 Å². The molecule has 1 aliphatic rings. The van der Waals surface area contributed by atoms with E-state index in [1.54, 1.807) is 10.9 Å². The molecule has 1 aliphatic heterocycles. The quantitative estimate of drug-likeness (QED) is 0.871. The lowest BCUT2D eigenvalue weighted by molar-refractivity contribution is -0.0954. The Morgan fingerprint density at radius 1 is 1.25 bits per heavy atom. The Hall–Kier alpha value is -2.14. The summed E-state index contributed by atoms with van der Waals surface area (Å²) in [4.78, 5) is 14.9. The Morgan fingerprint density at radius 3 is 2.54 bits per heavy atom. The van der Waals surface area contributed by atoms with Gasteiger partial charge >= 0.3 is 0 Å². The normalized spacial score (nSPS) is 21.3. The summed E-state index contributed by atoms with van der Waals surface area (Å²) < 4.78 is 7.96. The third kappa shape index (κ3) is 3.36. The van der Waals surface area contributed by atoms with Gasteiger partial charge in [0.15, 0.2) is 0 Å². The molecule has 0 aliphatic carbocycles. The van der Waals surface area contributed by atoms with Gasteiger partial charge in [-0.3, -0.25) is 9.48 Å². The standard InChI is InChI=1S/C19H25N3O2/c1-13(2)17-11-22(19(23)16-10-21(4)20-14(16)3)12-18(24-17)15-8-6-5-7-9-15/h5-10,13,17-18H,11-12H2,1-4H3/t17-,18+/m1/s1. The molecule has 1 aromatic carbocycles. The fourth-order valence-corrected chi connectivity index (χ4v) is 3.15. The van der Waals surface area contributed by atoms with Crippen molar-refractivity contribution >= 4 is 5.91 Å². The summed E-state index contributed by atoms with van der Waals surface area (Å²) >= 11 is 0. The van der Waals surface area contributed by atoms with E-state index in [4.69, 9.17) is 4.74 Å². The summed E-state index contributed by atoms with van der Waals surface area (Å²) in [6, 6.07) is 10.1. The molecule has 0 unspecified atom stereocenters. The third-order valence-corrected chi connectivity index (χ3v) is 4.57. The molecule has 5 nitrogen and oxygen atoms in total. The third-order valence-electron chi connectivity index (χ3n) is 4.57. The van der Waals surface area contributed by atoms with Crippen molar-refractivity contribution < 1.29 is 9.53 Å². The molecule has 1 aromatic heterocycles. The first kappa shape index (κ1) is 16.7. The van der Waals surface area contributed by atoms with Crippen molar-refractivity contribution in [2.45, 2.75) is 33.0 Å². The second-order valence-electron chi connectivity index (χ2n) is 6.83. The molecule has 0 N–H and O–H groups in total. The van der Waals surface area contributed by atoms with E-state index in [1.165, 1.54) is 0 Å². The molecule has 5 heteroatoms. The van der Waals surface area contributed by atoms with Gasteiger partial charge in [0, 0.05) is 19.8 Å². The number of aromatic nitrogens is 2. The number of amides is 1. The monoisotopic (exact) mass is 327 g/mol. The largest absolute Gasteiger partial charge is 0.366 e. The highest BCUT2D eigenvalue weighted by molar-refractivity contribution is 5.95. The van der Waals surface area contributed by atoms with Crippen molar-refractivity contribution in [3.05, 3.63) is 53.3 Å². The average molecular weight is 327 g/mol. The van der Waals surface area contributed by atoms with Crippen LogP contribution in [-0.4, -0.2) is 39.8 Å². The van der Waals surface area contributed by atoms with E-state index in [2.05, 4.69) is 31.1 Å². The minimum absolute atomic E-state index is 0.0323. The van der Waals surface area contributed by atoms with E-state index in [1.807, 2.05) is 37.1 Å². The zero-order chi connectivity index (χ0) is 17.3. The predicted molar refractivity (Wildman–Crippen MR) is 92.7 cm³/mol. The Kier molecular flexibility index (Phi) is 4.71. The van der Waals surface area contributed by atoms with Gasteiger partial charge in [0.25, 0.3) is 5.91 Å². The second kappa shape index (κ2) is 6.77. The lowest BCUT2D eigenvalue weighted by Crippen LogP contribution is -2.48. The van der Waals surface area contributed by atoms with Crippen LogP contribution in [-0.2, 0) is 11.8 Å². The number of hydrogen-bond acceptors (Lipinski definition) is 3. The zero-order valence-corrected chi connectivity index (χ0v) is 14.8. The smallest absolute Gasteiger partial charge is 0.257 e. The van der Waals surface area contributed by atoms with E-state index in [0.717, 1.165) is 11.3 Å². The topological polar surface area (TPSA) is 47.4 Å². The maximum atomic E-state index is 13.0. The molecule has 0 saturated carbocycles. The highest BCUT2D eigenvalue weighted by Gasteiger charge is 2.34. The number of nitrogens with zero attached hydrogens (tertiary/aromatic N) is 3. The van der Waals surface area contributed by atoms with E-state index >= 15 is 0 Å². The number of ether oxygens (including phenoxy) is 1. The predicted octanol–water partition coefficient (Wildman–Crippen LogP) is 2.97. The molecule has 0 radical (unpaired) electrons. The van der Waals surface area contributed by atoms with Crippen LogP contribution in [0.2, 0.25) is 0 Å². The van der Waals surface area contributed by atoms with Gasteiger partial charge < -0.3 is 9.64 Å². The highest BCUT2D eigenvalue weighted by atomic mass is 16.5. The summed E-state index contributed by atoms with van der Waals surface area (Å²) in [7, 11) is 1.84. The molecular weight excluding hydrogens is 302 g/mol. The van der Waals surface area contributed by atoms with Gasteiger partial charge in [-0.1, -0.05) is 44.2 Å². The molecule has 1 saturated heterocycles. The Balaban J connectivity index is 1.86. The highest BCUT2D eigenvalue weighted by Crippen LogP contribution is 2.29. The van der Waals surface area contributed by atoms with Crippen LogP contribution < -0.4 is 0 Å². The number of benzene rings is 1. The fraction of sp³-hybridized carbons (Fsp3) is 0.474. The van der Waals surface area contributed by atoms with Crippen LogP contribution in [0.25, 0.3) is 0 Å². The first-order valence-electron chi connectivity index (χ1n) is 8.45. The number of carbonyl (C=O) groups excluding carboxylic acids is 1. The van der Waals surface area contributed by atoms with E-state index in [0.29, 0.717) is 24.6 Å². The van der Waals surface area contributed by atoms with Crippen molar-refractivity contribution in [1.82, 2.24) is 14.7 Å². The van der Waals surface area contributed by atoms with Crippen molar-refractivity contribution in [1.29, 1.82) is 0 Å². The summed E-state index contributed by atoms with van der Waals surface area (Å²) in [6.07, 6.45) is 1.74. The fourth-order valence-electron chi connectivity index (χ4n) is 3.15. The van der Waals surface area contributed by atoms with Gasteiger partial charge in [-0.05, 0) is 18.4 Å². The number of rotatable bonds is 3. The van der Waals surface area contributed by atoms with Crippen molar-refractivity contribution in [2.24, 2.45) is 13.0 Å². The molecule has 3 rings (SSSR count). The molecule has 2 heterocycles. The maximum Gasteiger partial charge on any atom is 0.257 e. The molecule has 2 aromatic rings. The minimum Gasteiger partial charge on any atom is -0.366 e. The van der Waals surface area contributed by atoms with Crippen LogP contribution in [0, 0.1) is 12.8 Å². The first-order chi connectivity index (χ1) is 11.5. The lowest BCUT2D eigenvalue weighted by Gasteiger charge is -2.40. The van der Waals surface area contributed by atoms with Gasteiger partial charge in [0.05, 0.1) is 23.9 Å². The summed E-state index contributed by atoms with van der Waals surface area (Å²) in [6.45, 7) is 7.34. The van der Waals surface area contributed by atoms with Crippen LogP contribution in [0.3, 0.4) is 0 Å². The summed E-state index contributed by atoms with van der Waals surface area (Å²) in [5, 5.41) is 4.30. The molecule has 0 bridgehead atoms. The molecule has 2 atom stereocenters. The van der Waals surface area contributed by atoms with E-state index in [-0.39, 0.29) is 18.1 Å². The molecule has 24 heavy (non-hydrogen) atoms. The van der Waals surface area contributed by atoms with Gasteiger partial charge in [-0.15, -0.1) is 0 Å². The minimum atomic E-state index is -0.0896. The molecule has 1 amide bonds. The van der Waals surface area contributed by atoms with Crippen LogP contribution in [0.4, 0.5) is 0 Å². The molecule has 1 fully saturated rings.